The van der Waals surface area contributed by atoms with Crippen LogP contribution in [0.15, 0.2) is 48.5 Å². The molecule has 0 fully saturated rings. The Hall–Kier alpha value is -1.60. The maximum Gasteiger partial charge on any atom is 0.0646 e. The largest absolute Gasteiger partial charge is 0.392 e. The van der Waals surface area contributed by atoms with Crippen molar-refractivity contribution in [1.29, 1.82) is 0 Å². The molecule has 0 aromatic heterocycles. The first-order valence-electron chi connectivity index (χ1n) is 7.58. The summed E-state index contributed by atoms with van der Waals surface area (Å²) in [7, 11) is 0. The van der Waals surface area contributed by atoms with Crippen molar-refractivity contribution in [3.63, 3.8) is 0 Å². The minimum Gasteiger partial charge on any atom is -0.392 e. The predicted molar refractivity (Wildman–Crippen MR) is 83.0 cm³/mol. The molecule has 1 aliphatic rings. The number of benzene rings is 2. The Morgan fingerprint density at radius 2 is 1.75 bits per heavy atom. The molecule has 104 valence electrons. The van der Waals surface area contributed by atoms with Gasteiger partial charge < -0.3 is 5.11 Å². The smallest absolute Gasteiger partial charge is 0.0646 e. The van der Waals surface area contributed by atoms with Crippen LogP contribution in [0.1, 0.15) is 41.5 Å². The maximum atomic E-state index is 10.5. The molecule has 20 heavy (non-hydrogen) atoms. The minimum absolute atomic E-state index is 0.171. The first-order valence-corrected chi connectivity index (χ1v) is 7.58. The third kappa shape index (κ3) is 2.78. The number of hydrogen-bond donors (Lipinski definition) is 1. The zero-order valence-electron chi connectivity index (χ0n) is 12.0. The second kappa shape index (κ2) is 5.80. The summed E-state index contributed by atoms with van der Waals surface area (Å²) >= 11 is 0. The predicted octanol–water partition coefficient (Wildman–Crippen LogP) is 3.88. The van der Waals surface area contributed by atoms with Crippen molar-refractivity contribution in [2.24, 2.45) is 0 Å². The van der Waals surface area contributed by atoms with Crippen LogP contribution >= 0.6 is 0 Å². The van der Waals surface area contributed by atoms with Gasteiger partial charge in [-0.2, -0.15) is 0 Å². The van der Waals surface area contributed by atoms with Gasteiger partial charge >= 0.3 is 0 Å². The molecular weight excluding hydrogens is 244 g/mol. The molecule has 0 bridgehead atoms. The summed E-state index contributed by atoms with van der Waals surface area (Å²) in [5, 5.41) is 10.5. The molecule has 2 aromatic rings. The molecule has 0 saturated heterocycles. The first-order chi connectivity index (χ1) is 9.74. The van der Waals surface area contributed by atoms with Crippen LogP contribution in [-0.2, 0) is 19.3 Å². The maximum absolute atomic E-state index is 10.5. The van der Waals surface area contributed by atoms with Gasteiger partial charge in [-0.1, -0.05) is 55.5 Å². The van der Waals surface area contributed by atoms with Gasteiger partial charge in [0.1, 0.15) is 0 Å². The molecule has 1 heteroatoms. The van der Waals surface area contributed by atoms with Gasteiger partial charge in [0.25, 0.3) is 0 Å². The van der Waals surface area contributed by atoms with Crippen LogP contribution in [0.2, 0.25) is 0 Å². The summed E-state index contributed by atoms with van der Waals surface area (Å²) < 4.78 is 0. The van der Waals surface area contributed by atoms with E-state index in [-0.39, 0.29) is 12.0 Å². The Labute approximate surface area is 121 Å². The molecule has 1 N–H and O–H groups in total. The van der Waals surface area contributed by atoms with Crippen molar-refractivity contribution in [3.8, 4) is 0 Å². The van der Waals surface area contributed by atoms with E-state index >= 15 is 0 Å². The Bertz CT molecular complexity index is 574. The fraction of sp³-hybridized carbons (Fsp3) is 0.368. The molecule has 1 nitrogen and oxygen atoms in total. The molecule has 2 unspecified atom stereocenters. The fourth-order valence-electron chi connectivity index (χ4n) is 3.15. The standard InChI is InChI=1S/C19H22O/c1-14(16-6-3-2-4-7-16)19(20)13-15-10-11-17-8-5-9-18(17)12-15/h2-4,6-7,10-12,14,19-20H,5,8-9,13H2,1H3. The summed E-state index contributed by atoms with van der Waals surface area (Å²) in [6, 6.07) is 17.0. The molecule has 0 amide bonds. The average Bonchev–Trinajstić information content (AvgIpc) is 2.95. The molecule has 3 rings (SSSR count). The minimum atomic E-state index is -0.322. The van der Waals surface area contributed by atoms with Crippen molar-refractivity contribution in [2.45, 2.75) is 44.6 Å². The molecule has 0 heterocycles. The molecule has 0 radical (unpaired) electrons. The van der Waals surface area contributed by atoms with E-state index in [0.717, 1.165) is 6.42 Å². The number of rotatable bonds is 4. The average molecular weight is 266 g/mol. The zero-order chi connectivity index (χ0) is 13.9. The molecule has 2 atom stereocenters. The van der Waals surface area contributed by atoms with Crippen LogP contribution in [-0.4, -0.2) is 11.2 Å². The lowest BCUT2D eigenvalue weighted by Gasteiger charge is -2.19. The second-order valence-corrected chi connectivity index (χ2v) is 5.93. The van der Waals surface area contributed by atoms with Gasteiger partial charge in [0, 0.05) is 5.92 Å². The number of aliphatic hydroxyl groups is 1. The topological polar surface area (TPSA) is 20.2 Å². The molecule has 1 aliphatic carbocycles. The van der Waals surface area contributed by atoms with Crippen LogP contribution in [0.4, 0.5) is 0 Å². The Morgan fingerprint density at radius 1 is 1.00 bits per heavy atom. The summed E-state index contributed by atoms with van der Waals surface area (Å²) in [5.41, 5.74) is 5.46. The van der Waals surface area contributed by atoms with Gasteiger partial charge in [-0.05, 0) is 47.9 Å². The van der Waals surface area contributed by atoms with E-state index in [4.69, 9.17) is 0 Å². The number of hydrogen-bond acceptors (Lipinski definition) is 1. The lowest BCUT2D eigenvalue weighted by molar-refractivity contribution is 0.149. The van der Waals surface area contributed by atoms with E-state index < -0.39 is 0 Å². The first kappa shape index (κ1) is 13.4. The highest BCUT2D eigenvalue weighted by Crippen LogP contribution is 2.26. The van der Waals surface area contributed by atoms with Crippen molar-refractivity contribution >= 4 is 0 Å². The molecule has 0 aliphatic heterocycles. The molecular formula is C19H22O. The van der Waals surface area contributed by atoms with Gasteiger partial charge in [0.15, 0.2) is 0 Å². The second-order valence-electron chi connectivity index (χ2n) is 5.93. The normalized spacial score (nSPS) is 16.7. The number of aliphatic hydroxyl groups excluding tert-OH is 1. The summed E-state index contributed by atoms with van der Waals surface area (Å²) in [6.07, 6.45) is 4.12. The Morgan fingerprint density at radius 3 is 2.55 bits per heavy atom. The summed E-state index contributed by atoms with van der Waals surface area (Å²) in [5.74, 6) is 0.171. The molecule has 0 saturated carbocycles. The summed E-state index contributed by atoms with van der Waals surface area (Å²) in [6.45, 7) is 2.10. The van der Waals surface area contributed by atoms with E-state index in [1.807, 2.05) is 18.2 Å². The van der Waals surface area contributed by atoms with Crippen LogP contribution < -0.4 is 0 Å². The highest BCUT2D eigenvalue weighted by Gasteiger charge is 2.18. The lowest BCUT2D eigenvalue weighted by Crippen LogP contribution is -2.18. The molecule has 2 aromatic carbocycles. The quantitative estimate of drug-likeness (QED) is 0.890. The third-order valence-electron chi connectivity index (χ3n) is 4.51. The van der Waals surface area contributed by atoms with Crippen LogP contribution in [0.5, 0.6) is 0 Å². The highest BCUT2D eigenvalue weighted by molar-refractivity contribution is 5.35. The van der Waals surface area contributed by atoms with Crippen molar-refractivity contribution in [2.75, 3.05) is 0 Å². The van der Waals surface area contributed by atoms with Crippen molar-refractivity contribution in [3.05, 3.63) is 70.8 Å². The van der Waals surface area contributed by atoms with Gasteiger partial charge in [0.2, 0.25) is 0 Å². The number of fused-ring (bicyclic) bond motifs is 1. The Balaban J connectivity index is 1.71. The SMILES string of the molecule is CC(c1ccccc1)C(O)Cc1ccc2c(c1)CCC2. The van der Waals surface area contributed by atoms with E-state index in [1.165, 1.54) is 41.5 Å². The lowest BCUT2D eigenvalue weighted by atomic mass is 9.90. The van der Waals surface area contributed by atoms with E-state index in [0.29, 0.717) is 0 Å². The van der Waals surface area contributed by atoms with Crippen molar-refractivity contribution in [1.82, 2.24) is 0 Å². The van der Waals surface area contributed by atoms with Gasteiger partial charge in [-0.15, -0.1) is 0 Å². The van der Waals surface area contributed by atoms with Gasteiger partial charge in [-0.3, -0.25) is 0 Å². The van der Waals surface area contributed by atoms with Crippen LogP contribution in [0.25, 0.3) is 0 Å². The molecule has 0 spiro atoms. The monoisotopic (exact) mass is 266 g/mol. The van der Waals surface area contributed by atoms with Gasteiger partial charge in [-0.25, -0.2) is 0 Å². The van der Waals surface area contributed by atoms with E-state index in [9.17, 15) is 5.11 Å². The summed E-state index contributed by atoms with van der Waals surface area (Å²) in [4.78, 5) is 0. The van der Waals surface area contributed by atoms with Crippen LogP contribution in [0.3, 0.4) is 0 Å². The van der Waals surface area contributed by atoms with E-state index in [2.05, 4.69) is 37.3 Å². The third-order valence-corrected chi connectivity index (χ3v) is 4.51. The van der Waals surface area contributed by atoms with Crippen LogP contribution in [0, 0.1) is 0 Å². The van der Waals surface area contributed by atoms with Gasteiger partial charge in [0.05, 0.1) is 6.10 Å². The Kier molecular flexibility index (Phi) is 3.88. The fourth-order valence-corrected chi connectivity index (χ4v) is 3.15. The zero-order valence-corrected chi connectivity index (χ0v) is 12.0. The number of aryl methyl sites for hydroxylation is 2. The van der Waals surface area contributed by atoms with E-state index in [1.54, 1.807) is 0 Å². The highest BCUT2D eigenvalue weighted by atomic mass is 16.3. The van der Waals surface area contributed by atoms with Crippen molar-refractivity contribution < 1.29 is 5.11 Å².